The summed E-state index contributed by atoms with van der Waals surface area (Å²) in [6, 6.07) is 6.18. The Labute approximate surface area is 145 Å². The van der Waals surface area contributed by atoms with Gasteiger partial charge in [0.15, 0.2) is 8.32 Å². The van der Waals surface area contributed by atoms with Crippen molar-refractivity contribution in [3.05, 3.63) is 0 Å². The molecular formula is C20H37NOSi. The molecular weight excluding hydrogens is 298 g/mol. The second-order valence-electron chi connectivity index (χ2n) is 8.43. The van der Waals surface area contributed by atoms with Crippen LogP contribution in [0.3, 0.4) is 0 Å². The Kier molecular flexibility index (Phi) is 6.36. The van der Waals surface area contributed by atoms with Crippen LogP contribution in [0.4, 0.5) is 0 Å². The Hall–Kier alpha value is -0.333. The minimum absolute atomic E-state index is 0.411. The molecule has 0 saturated heterocycles. The molecule has 0 aromatic rings. The lowest BCUT2D eigenvalue weighted by atomic mass is 9.61. The fourth-order valence-electron chi connectivity index (χ4n) is 5.84. The van der Waals surface area contributed by atoms with Crippen molar-refractivity contribution in [2.24, 2.45) is 23.2 Å². The molecule has 2 saturated carbocycles. The Morgan fingerprint density at radius 2 is 1.83 bits per heavy atom. The average molecular weight is 336 g/mol. The molecule has 132 valence electrons. The number of nitrogens with zero attached hydrogens (tertiary/aromatic N) is 1. The van der Waals surface area contributed by atoms with E-state index in [0.717, 1.165) is 18.3 Å². The Morgan fingerprint density at radius 1 is 1.17 bits per heavy atom. The Morgan fingerprint density at radius 3 is 2.39 bits per heavy atom. The molecule has 0 aliphatic heterocycles. The van der Waals surface area contributed by atoms with Gasteiger partial charge in [-0.1, -0.05) is 41.0 Å². The quantitative estimate of drug-likeness (QED) is 0.523. The topological polar surface area (TPSA) is 33.0 Å². The van der Waals surface area contributed by atoms with E-state index in [2.05, 4.69) is 40.7 Å². The van der Waals surface area contributed by atoms with Gasteiger partial charge in [-0.3, -0.25) is 0 Å². The molecule has 5 atom stereocenters. The maximum absolute atomic E-state index is 9.11. The molecule has 0 aromatic carbocycles. The van der Waals surface area contributed by atoms with Gasteiger partial charge in [-0.2, -0.15) is 5.26 Å². The van der Waals surface area contributed by atoms with Gasteiger partial charge < -0.3 is 4.43 Å². The normalized spacial score (nSPS) is 35.6. The predicted molar refractivity (Wildman–Crippen MR) is 99.6 cm³/mol. The van der Waals surface area contributed by atoms with Gasteiger partial charge in [-0.15, -0.1) is 0 Å². The van der Waals surface area contributed by atoms with Crippen LogP contribution in [0.2, 0.25) is 18.1 Å². The van der Waals surface area contributed by atoms with Gasteiger partial charge in [0, 0.05) is 12.5 Å². The van der Waals surface area contributed by atoms with Crippen molar-refractivity contribution in [2.75, 3.05) is 0 Å². The highest BCUT2D eigenvalue weighted by molar-refractivity contribution is 6.73. The fraction of sp³-hybridized carbons (Fsp3) is 0.950. The molecule has 2 fully saturated rings. The molecule has 3 heteroatoms. The van der Waals surface area contributed by atoms with Crippen molar-refractivity contribution in [1.82, 2.24) is 0 Å². The summed E-state index contributed by atoms with van der Waals surface area (Å²) in [6.45, 7) is 11.8. The first-order chi connectivity index (χ1) is 11.0. The third-order valence-corrected chi connectivity index (χ3v) is 12.2. The van der Waals surface area contributed by atoms with Gasteiger partial charge in [-0.25, -0.2) is 0 Å². The van der Waals surface area contributed by atoms with Crippen LogP contribution in [0.5, 0.6) is 0 Å². The van der Waals surface area contributed by atoms with E-state index in [1.54, 1.807) is 0 Å². The molecule has 0 radical (unpaired) electrons. The average Bonchev–Trinajstić information content (AvgIpc) is 2.91. The maximum Gasteiger partial charge on any atom is 0.192 e. The van der Waals surface area contributed by atoms with Crippen molar-refractivity contribution in [2.45, 2.75) is 97.4 Å². The lowest BCUT2D eigenvalue weighted by Crippen LogP contribution is -2.48. The summed E-state index contributed by atoms with van der Waals surface area (Å²) < 4.78 is 6.97. The fourth-order valence-corrected chi connectivity index (χ4v) is 8.77. The van der Waals surface area contributed by atoms with Gasteiger partial charge in [0.05, 0.1) is 6.07 Å². The van der Waals surface area contributed by atoms with Crippen LogP contribution < -0.4 is 0 Å². The summed E-state index contributed by atoms with van der Waals surface area (Å²) in [5, 5.41) is 9.11. The summed E-state index contributed by atoms with van der Waals surface area (Å²) in [6.07, 6.45) is 7.78. The van der Waals surface area contributed by atoms with Crippen LogP contribution in [0.15, 0.2) is 0 Å². The minimum atomic E-state index is -1.51. The van der Waals surface area contributed by atoms with E-state index in [9.17, 15) is 0 Å². The number of rotatable bonds is 7. The number of fused-ring (bicyclic) bond motifs is 1. The number of nitriles is 1. The van der Waals surface area contributed by atoms with Gasteiger partial charge in [0.1, 0.15) is 0 Å². The summed E-state index contributed by atoms with van der Waals surface area (Å²) >= 11 is 0. The van der Waals surface area contributed by atoms with Crippen LogP contribution in [0, 0.1) is 34.5 Å². The summed E-state index contributed by atoms with van der Waals surface area (Å²) in [5.74, 6) is 2.00. The van der Waals surface area contributed by atoms with Gasteiger partial charge >= 0.3 is 0 Å². The lowest BCUT2D eigenvalue weighted by Gasteiger charge is -2.48. The summed E-state index contributed by atoms with van der Waals surface area (Å²) in [4.78, 5) is 0. The molecule has 2 nitrogen and oxygen atoms in total. The number of hydrogen-bond acceptors (Lipinski definition) is 2. The first-order valence-corrected chi connectivity index (χ1v) is 12.5. The zero-order valence-electron chi connectivity index (χ0n) is 16.0. The van der Waals surface area contributed by atoms with E-state index >= 15 is 0 Å². The molecule has 0 spiro atoms. The monoisotopic (exact) mass is 335 g/mol. The highest BCUT2D eigenvalue weighted by atomic mass is 28.4. The number of hydrogen-bond donors (Lipinski definition) is 0. The van der Waals surface area contributed by atoms with E-state index in [-0.39, 0.29) is 0 Å². The Balaban J connectivity index is 2.16. The SMILES string of the molecule is CC[Si](CC)(CC)O[C@H]1CCC[C@@]2(C)C1CCC2[C@@H](C)CC#N. The predicted octanol–water partition coefficient (Wildman–Crippen LogP) is 6.14. The molecule has 0 heterocycles. The molecule has 2 aliphatic rings. The molecule has 23 heavy (non-hydrogen) atoms. The van der Waals surface area contributed by atoms with E-state index in [4.69, 9.17) is 9.69 Å². The first-order valence-electron chi connectivity index (χ1n) is 10.0. The smallest absolute Gasteiger partial charge is 0.192 e. The second kappa shape index (κ2) is 7.70. The third-order valence-electron chi connectivity index (χ3n) is 7.57. The lowest BCUT2D eigenvalue weighted by molar-refractivity contribution is -0.0189. The molecule has 0 N–H and O–H groups in total. The van der Waals surface area contributed by atoms with E-state index in [1.165, 1.54) is 50.2 Å². The van der Waals surface area contributed by atoms with Gasteiger partial charge in [0.25, 0.3) is 0 Å². The molecule has 0 bridgehead atoms. The van der Waals surface area contributed by atoms with Crippen LogP contribution >= 0.6 is 0 Å². The molecule has 0 amide bonds. The highest BCUT2D eigenvalue weighted by Crippen LogP contribution is 2.59. The third kappa shape index (κ3) is 3.54. The summed E-state index contributed by atoms with van der Waals surface area (Å²) in [5.41, 5.74) is 0.411. The second-order valence-corrected chi connectivity index (χ2v) is 13.2. The van der Waals surface area contributed by atoms with Gasteiger partial charge in [0.2, 0.25) is 0 Å². The maximum atomic E-state index is 9.11. The first kappa shape index (κ1) is 19.0. The minimum Gasteiger partial charge on any atom is -0.414 e. The molecule has 0 aromatic heterocycles. The highest BCUT2D eigenvalue weighted by Gasteiger charge is 2.53. The van der Waals surface area contributed by atoms with Crippen LogP contribution in [0.1, 0.15) is 73.1 Å². The Bertz CT molecular complexity index is 420. The van der Waals surface area contributed by atoms with E-state index in [1.807, 2.05) is 0 Å². The van der Waals surface area contributed by atoms with Crippen molar-refractivity contribution in [1.29, 1.82) is 5.26 Å². The van der Waals surface area contributed by atoms with Crippen molar-refractivity contribution >= 4 is 8.32 Å². The van der Waals surface area contributed by atoms with E-state index in [0.29, 0.717) is 17.4 Å². The van der Waals surface area contributed by atoms with Crippen molar-refractivity contribution in [3.63, 3.8) is 0 Å². The van der Waals surface area contributed by atoms with Crippen LogP contribution in [0.25, 0.3) is 0 Å². The standard InChI is InChI=1S/C20H37NOSi/c1-6-23(7-2,8-3)22-19-10-9-14-20(5)17(11-12-18(19)20)16(4)13-15-21/h16-19H,6-14H2,1-5H3/t16-,17?,18?,19-,20+/m0/s1. The van der Waals surface area contributed by atoms with Crippen molar-refractivity contribution < 1.29 is 4.43 Å². The molecule has 2 unspecified atom stereocenters. The summed E-state index contributed by atoms with van der Waals surface area (Å²) in [7, 11) is -1.51. The molecule has 2 rings (SSSR count). The largest absolute Gasteiger partial charge is 0.414 e. The molecule has 2 aliphatic carbocycles. The van der Waals surface area contributed by atoms with Crippen LogP contribution in [-0.2, 0) is 4.43 Å². The zero-order chi connectivity index (χ0) is 17.1. The van der Waals surface area contributed by atoms with Crippen LogP contribution in [-0.4, -0.2) is 14.4 Å². The van der Waals surface area contributed by atoms with Gasteiger partial charge in [-0.05, 0) is 67.0 Å². The van der Waals surface area contributed by atoms with E-state index < -0.39 is 8.32 Å². The van der Waals surface area contributed by atoms with Crippen molar-refractivity contribution in [3.8, 4) is 6.07 Å². The zero-order valence-corrected chi connectivity index (χ0v) is 17.0.